The van der Waals surface area contributed by atoms with Crippen LogP contribution in [-0.2, 0) is 11.3 Å². The normalized spacial score (nSPS) is 11.9. The van der Waals surface area contributed by atoms with Crippen molar-refractivity contribution in [2.75, 3.05) is 11.1 Å². The van der Waals surface area contributed by atoms with E-state index in [9.17, 15) is 4.79 Å². The molecule has 30 heavy (non-hydrogen) atoms. The number of rotatable bonds is 8. The summed E-state index contributed by atoms with van der Waals surface area (Å²) in [5.74, 6) is 1.28. The summed E-state index contributed by atoms with van der Waals surface area (Å²) in [4.78, 5) is 12.3. The maximum absolute atomic E-state index is 12.3. The van der Waals surface area contributed by atoms with Crippen molar-refractivity contribution in [1.82, 2.24) is 14.8 Å². The minimum absolute atomic E-state index is 0.170. The molecule has 0 aliphatic carbocycles. The van der Waals surface area contributed by atoms with Crippen LogP contribution in [0.25, 0.3) is 0 Å². The molecule has 1 N–H and O–H groups in total. The molecule has 0 bridgehead atoms. The highest BCUT2D eigenvalue weighted by atomic mass is 35.5. The maximum atomic E-state index is 12.3. The fourth-order valence-corrected chi connectivity index (χ4v) is 3.98. The standard InChI is InChI=1S/C21H22Cl2N4O2S/c1-4-27-20(14(3)29-18-11-13(2)9-10-16(18)23)25-26-21(27)30-12-19(28)24-17-8-6-5-7-15(17)22/h5-11,14H,4,12H2,1-3H3,(H,24,28). The molecule has 1 aromatic heterocycles. The number of nitrogens with one attached hydrogen (secondary N) is 1. The van der Waals surface area contributed by atoms with Gasteiger partial charge in [0, 0.05) is 6.54 Å². The van der Waals surface area contributed by atoms with Gasteiger partial charge in [-0.2, -0.15) is 0 Å². The van der Waals surface area contributed by atoms with Gasteiger partial charge in [0.25, 0.3) is 0 Å². The van der Waals surface area contributed by atoms with E-state index in [0.29, 0.717) is 39.0 Å². The third kappa shape index (κ3) is 5.47. The summed E-state index contributed by atoms with van der Waals surface area (Å²) >= 11 is 13.6. The molecule has 0 fully saturated rings. The van der Waals surface area contributed by atoms with E-state index in [1.54, 1.807) is 12.1 Å². The number of anilines is 1. The smallest absolute Gasteiger partial charge is 0.234 e. The predicted octanol–water partition coefficient (Wildman–Crippen LogP) is 5.78. The fraction of sp³-hybridized carbons (Fsp3) is 0.286. The molecule has 3 rings (SSSR count). The van der Waals surface area contributed by atoms with Crippen LogP contribution < -0.4 is 10.1 Å². The van der Waals surface area contributed by atoms with Gasteiger partial charge in [-0.05, 0) is 50.6 Å². The number of aromatic nitrogens is 3. The van der Waals surface area contributed by atoms with Crippen molar-refractivity contribution in [3.8, 4) is 5.75 Å². The number of hydrogen-bond donors (Lipinski definition) is 1. The van der Waals surface area contributed by atoms with E-state index in [1.165, 1.54) is 11.8 Å². The average Bonchev–Trinajstić information content (AvgIpc) is 3.14. The number of hydrogen-bond acceptors (Lipinski definition) is 5. The first-order valence-electron chi connectivity index (χ1n) is 9.42. The number of benzene rings is 2. The van der Waals surface area contributed by atoms with Crippen molar-refractivity contribution in [2.45, 2.75) is 38.6 Å². The molecule has 0 aliphatic heterocycles. The summed E-state index contributed by atoms with van der Waals surface area (Å²) in [5.41, 5.74) is 1.64. The minimum Gasteiger partial charge on any atom is -0.481 e. The summed E-state index contributed by atoms with van der Waals surface area (Å²) < 4.78 is 7.96. The highest BCUT2D eigenvalue weighted by Gasteiger charge is 2.20. The van der Waals surface area contributed by atoms with E-state index >= 15 is 0 Å². The van der Waals surface area contributed by atoms with Crippen LogP contribution in [0.15, 0.2) is 47.6 Å². The third-order valence-corrected chi connectivity index (χ3v) is 5.90. The Kier molecular flexibility index (Phi) is 7.64. The molecule has 2 aromatic carbocycles. The lowest BCUT2D eigenvalue weighted by Crippen LogP contribution is -2.15. The molecule has 1 heterocycles. The van der Waals surface area contributed by atoms with Gasteiger partial charge in [0.1, 0.15) is 5.75 Å². The van der Waals surface area contributed by atoms with Gasteiger partial charge in [0.2, 0.25) is 5.91 Å². The van der Waals surface area contributed by atoms with Crippen molar-refractivity contribution in [1.29, 1.82) is 0 Å². The van der Waals surface area contributed by atoms with E-state index in [4.69, 9.17) is 27.9 Å². The molecule has 6 nitrogen and oxygen atoms in total. The second-order valence-corrected chi connectivity index (χ2v) is 8.35. The lowest BCUT2D eigenvalue weighted by Gasteiger charge is -2.17. The largest absolute Gasteiger partial charge is 0.481 e. The molecule has 1 unspecified atom stereocenters. The SMILES string of the molecule is CCn1c(SCC(=O)Nc2ccccc2Cl)nnc1C(C)Oc1cc(C)ccc1Cl. The quantitative estimate of drug-likeness (QED) is 0.427. The van der Waals surface area contributed by atoms with Crippen molar-refractivity contribution in [2.24, 2.45) is 0 Å². The first-order chi connectivity index (χ1) is 14.4. The van der Waals surface area contributed by atoms with Crippen molar-refractivity contribution in [3.05, 3.63) is 63.9 Å². The second-order valence-electron chi connectivity index (χ2n) is 6.60. The minimum atomic E-state index is -0.358. The number of aryl methyl sites for hydroxylation is 1. The van der Waals surface area contributed by atoms with E-state index in [1.807, 2.05) is 55.7 Å². The zero-order valence-corrected chi connectivity index (χ0v) is 19.2. The van der Waals surface area contributed by atoms with Gasteiger partial charge in [-0.25, -0.2) is 0 Å². The number of nitrogens with zero attached hydrogens (tertiary/aromatic N) is 3. The highest BCUT2D eigenvalue weighted by molar-refractivity contribution is 7.99. The molecule has 0 radical (unpaired) electrons. The van der Waals surface area contributed by atoms with Crippen molar-refractivity contribution >= 4 is 46.6 Å². The molecule has 9 heteroatoms. The van der Waals surface area contributed by atoms with Crippen LogP contribution >= 0.6 is 35.0 Å². The summed E-state index contributed by atoms with van der Waals surface area (Å²) in [6, 6.07) is 12.7. The van der Waals surface area contributed by atoms with Crippen molar-refractivity contribution < 1.29 is 9.53 Å². The zero-order valence-electron chi connectivity index (χ0n) is 16.9. The van der Waals surface area contributed by atoms with Gasteiger partial charge in [-0.15, -0.1) is 10.2 Å². The number of para-hydroxylation sites is 1. The molecular weight excluding hydrogens is 443 g/mol. The molecule has 3 aromatic rings. The number of halogens is 2. The Balaban J connectivity index is 1.67. The van der Waals surface area contributed by atoms with E-state index in [0.717, 1.165) is 5.56 Å². The lowest BCUT2D eigenvalue weighted by atomic mass is 10.2. The highest BCUT2D eigenvalue weighted by Crippen LogP contribution is 2.30. The van der Waals surface area contributed by atoms with Crippen molar-refractivity contribution in [3.63, 3.8) is 0 Å². The fourth-order valence-electron chi connectivity index (χ4n) is 2.83. The van der Waals surface area contributed by atoms with Gasteiger partial charge in [-0.3, -0.25) is 4.79 Å². The monoisotopic (exact) mass is 464 g/mol. The van der Waals surface area contributed by atoms with Crippen LogP contribution in [0, 0.1) is 6.92 Å². The van der Waals surface area contributed by atoms with Crippen LogP contribution in [-0.4, -0.2) is 26.4 Å². The Labute approximate surface area is 189 Å². The molecule has 0 aliphatic rings. The number of amides is 1. The lowest BCUT2D eigenvalue weighted by molar-refractivity contribution is -0.113. The average molecular weight is 465 g/mol. The van der Waals surface area contributed by atoms with Gasteiger partial charge >= 0.3 is 0 Å². The first kappa shape index (κ1) is 22.5. The summed E-state index contributed by atoms with van der Waals surface area (Å²) in [6.45, 7) is 6.51. The Morgan fingerprint density at radius 1 is 1.20 bits per heavy atom. The Bertz CT molecular complexity index is 1040. The summed E-state index contributed by atoms with van der Waals surface area (Å²) in [5, 5.41) is 13.0. The topological polar surface area (TPSA) is 69.0 Å². The molecule has 1 atom stereocenters. The third-order valence-electron chi connectivity index (χ3n) is 4.30. The number of carbonyl (C=O) groups is 1. The molecule has 0 spiro atoms. The molecule has 0 saturated carbocycles. The first-order valence-corrected chi connectivity index (χ1v) is 11.2. The second kappa shape index (κ2) is 10.2. The maximum Gasteiger partial charge on any atom is 0.234 e. The van der Waals surface area contributed by atoms with Crippen LogP contribution in [0.2, 0.25) is 10.0 Å². The van der Waals surface area contributed by atoms with E-state index in [-0.39, 0.29) is 17.8 Å². The van der Waals surface area contributed by atoms with Crippen LogP contribution in [0.1, 0.15) is 31.3 Å². The molecule has 1 amide bonds. The van der Waals surface area contributed by atoms with E-state index in [2.05, 4.69) is 15.5 Å². The zero-order chi connectivity index (χ0) is 21.7. The summed E-state index contributed by atoms with van der Waals surface area (Å²) in [7, 11) is 0. The molecular formula is C21H22Cl2N4O2S. The predicted molar refractivity (Wildman–Crippen MR) is 122 cm³/mol. The van der Waals surface area contributed by atoms with Gasteiger partial charge in [0.05, 0.1) is 21.5 Å². The van der Waals surface area contributed by atoms with Gasteiger partial charge in [-0.1, -0.05) is 53.2 Å². The molecule has 0 saturated heterocycles. The van der Waals surface area contributed by atoms with Crippen LogP contribution in [0.3, 0.4) is 0 Å². The van der Waals surface area contributed by atoms with Crippen LogP contribution in [0.4, 0.5) is 5.69 Å². The number of ether oxygens (including phenoxy) is 1. The van der Waals surface area contributed by atoms with E-state index < -0.39 is 0 Å². The number of thioether (sulfide) groups is 1. The van der Waals surface area contributed by atoms with Gasteiger partial charge < -0.3 is 14.6 Å². The Hall–Kier alpha value is -2.22. The Morgan fingerprint density at radius 2 is 1.97 bits per heavy atom. The number of carbonyl (C=O) groups excluding carboxylic acids is 1. The summed E-state index contributed by atoms with van der Waals surface area (Å²) in [6.07, 6.45) is -0.358. The molecule has 158 valence electrons. The van der Waals surface area contributed by atoms with Gasteiger partial charge in [0.15, 0.2) is 17.1 Å². The van der Waals surface area contributed by atoms with Crippen LogP contribution in [0.5, 0.6) is 5.75 Å². The Morgan fingerprint density at radius 3 is 2.70 bits per heavy atom.